The molecule has 0 spiro atoms. The summed E-state index contributed by atoms with van der Waals surface area (Å²) in [5.41, 5.74) is -0.305. The summed E-state index contributed by atoms with van der Waals surface area (Å²) < 4.78 is 4.75. The van der Waals surface area contributed by atoms with Gasteiger partial charge in [0.05, 0.1) is 0 Å². The van der Waals surface area contributed by atoms with Crippen LogP contribution < -0.4 is 18.9 Å². The molecule has 1 aromatic rings. The average Bonchev–Trinajstić information content (AvgIpc) is 2.30. The van der Waals surface area contributed by atoms with E-state index in [1.54, 1.807) is 0 Å². The van der Waals surface area contributed by atoms with Gasteiger partial charge >= 0.3 is 24.8 Å². The normalized spacial score (nSPS) is 10.7. The van der Waals surface area contributed by atoms with Gasteiger partial charge in [0.2, 0.25) is 5.89 Å². The summed E-state index contributed by atoms with van der Waals surface area (Å²) in [4.78, 5) is 14.1. The van der Waals surface area contributed by atoms with E-state index in [2.05, 4.69) is 10.1 Å². The Labute approximate surface area is 89.2 Å². The van der Waals surface area contributed by atoms with Gasteiger partial charge in [0.15, 0.2) is 0 Å². The molecule has 0 saturated heterocycles. The van der Waals surface area contributed by atoms with E-state index in [4.69, 9.17) is 9.63 Å². The van der Waals surface area contributed by atoms with Crippen LogP contribution in [0.15, 0.2) is 4.52 Å². The molecule has 1 aromatic heterocycles. The van der Waals surface area contributed by atoms with Crippen molar-refractivity contribution < 1.29 is 34.7 Å². The Hall–Kier alpha value is -0.793. The monoisotopic (exact) mass is 178 g/mol. The number of carboxylic acid groups (broad SMARTS) is 1. The van der Waals surface area contributed by atoms with Gasteiger partial charge in [-0.3, -0.25) is 0 Å². The third kappa shape index (κ3) is 2.87. The van der Waals surface area contributed by atoms with Crippen molar-refractivity contribution in [3.63, 3.8) is 0 Å². The van der Waals surface area contributed by atoms with Crippen molar-refractivity contribution in [2.45, 2.75) is 26.2 Å². The zero-order chi connectivity index (χ0) is 9.35. The van der Waals surface area contributed by atoms with Gasteiger partial charge in [0, 0.05) is 5.41 Å². The van der Waals surface area contributed by atoms with Gasteiger partial charge in [0.25, 0.3) is 5.82 Å². The van der Waals surface area contributed by atoms with E-state index in [1.807, 2.05) is 20.8 Å². The number of aromatic carboxylic acids is 1. The topological polar surface area (TPSA) is 76.2 Å². The molecule has 5 nitrogen and oxygen atoms in total. The minimum absolute atomic E-state index is 0. The molecule has 68 valence electrons. The summed E-state index contributed by atoms with van der Waals surface area (Å²) >= 11 is 0. The molecule has 1 heterocycles. The molecule has 0 amide bonds. The predicted molar refractivity (Wildman–Crippen MR) is 41.1 cm³/mol. The van der Waals surface area contributed by atoms with Crippen molar-refractivity contribution in [1.82, 2.24) is 10.1 Å². The molecule has 0 fully saturated rings. The Morgan fingerprint density at radius 3 is 2.31 bits per heavy atom. The minimum atomic E-state index is -1.17. The van der Waals surface area contributed by atoms with E-state index in [0.717, 1.165) is 0 Å². The van der Waals surface area contributed by atoms with Crippen LogP contribution in [-0.4, -0.2) is 21.2 Å². The molecule has 0 aliphatic carbocycles. The van der Waals surface area contributed by atoms with Crippen LogP contribution >= 0.6 is 0 Å². The molecule has 0 aliphatic rings. The van der Waals surface area contributed by atoms with E-state index in [0.29, 0.717) is 5.89 Å². The molecule has 0 radical (unpaired) electrons. The molecule has 0 atom stereocenters. The van der Waals surface area contributed by atoms with E-state index < -0.39 is 5.97 Å². The van der Waals surface area contributed by atoms with Gasteiger partial charge in [-0.1, -0.05) is 20.8 Å². The van der Waals surface area contributed by atoms with Gasteiger partial charge < -0.3 is 11.1 Å². The third-order valence-corrected chi connectivity index (χ3v) is 1.26. The summed E-state index contributed by atoms with van der Waals surface area (Å²) in [6.45, 7) is 5.60. The summed E-state index contributed by atoms with van der Waals surface area (Å²) in [6.07, 6.45) is 0. The molecule has 0 saturated carbocycles. The minimum Gasteiger partial charge on any atom is -1.00 e. The van der Waals surface area contributed by atoms with Gasteiger partial charge in [-0.15, -0.1) is 0 Å². The first-order valence-corrected chi connectivity index (χ1v) is 3.49. The van der Waals surface area contributed by atoms with Crippen molar-refractivity contribution in [3.05, 3.63) is 11.7 Å². The van der Waals surface area contributed by atoms with Gasteiger partial charge in [-0.05, 0) is 5.16 Å². The van der Waals surface area contributed by atoms with Gasteiger partial charge in [-0.2, -0.15) is 4.98 Å². The Kier molecular flexibility index (Phi) is 3.70. The van der Waals surface area contributed by atoms with Crippen LogP contribution in [0, 0.1) is 0 Å². The first kappa shape index (κ1) is 12.2. The van der Waals surface area contributed by atoms with Crippen LogP contribution in [0.1, 0.15) is 38.7 Å². The molecule has 6 heteroatoms. The van der Waals surface area contributed by atoms with Crippen molar-refractivity contribution in [1.29, 1.82) is 0 Å². The maximum atomic E-state index is 10.4. The van der Waals surface area contributed by atoms with Crippen LogP contribution in [0.3, 0.4) is 0 Å². The van der Waals surface area contributed by atoms with Crippen LogP contribution in [-0.2, 0) is 5.41 Å². The molecule has 0 bridgehead atoms. The smallest absolute Gasteiger partial charge is 1.00 e. The molecule has 0 aliphatic heterocycles. The fraction of sp³-hybridized carbons (Fsp3) is 0.571. The molecule has 0 aromatic carbocycles. The Morgan fingerprint density at radius 1 is 1.54 bits per heavy atom. The Balaban J connectivity index is 0. The van der Waals surface area contributed by atoms with Crippen LogP contribution in [0.5, 0.6) is 0 Å². The number of carboxylic acids is 1. The summed E-state index contributed by atoms with van der Waals surface area (Å²) in [6, 6.07) is 0. The fourth-order valence-corrected chi connectivity index (χ4v) is 0.615. The average molecular weight is 178 g/mol. The van der Waals surface area contributed by atoms with Crippen LogP contribution in [0.2, 0.25) is 0 Å². The Bertz CT molecular complexity index is 308. The largest absolute Gasteiger partial charge is 1.00 e. The second-order valence-corrected chi connectivity index (χ2v) is 3.48. The predicted octanol–water partition coefficient (Wildman–Crippen LogP) is -1.82. The maximum Gasteiger partial charge on any atom is 1.00 e. The van der Waals surface area contributed by atoms with Crippen LogP contribution in [0.4, 0.5) is 0 Å². The number of hydrogen-bond acceptors (Lipinski definition) is 4. The van der Waals surface area contributed by atoms with Crippen molar-refractivity contribution >= 4 is 5.97 Å². The molecule has 13 heavy (non-hydrogen) atoms. The molecule has 1 N–H and O–H groups in total. The van der Waals surface area contributed by atoms with E-state index in [-0.39, 0.29) is 31.5 Å². The zero-order valence-electron chi connectivity index (χ0n) is 9.16. The summed E-state index contributed by atoms with van der Waals surface area (Å²) in [7, 11) is 0. The number of hydrogen-bond donors (Lipinski definition) is 1. The maximum absolute atomic E-state index is 10.4. The third-order valence-electron chi connectivity index (χ3n) is 1.26. The first-order valence-electron chi connectivity index (χ1n) is 3.49. The summed E-state index contributed by atoms with van der Waals surface area (Å²) in [5, 5.41) is 11.8. The standard InChI is InChI=1S/C7H10N2O3.Li.H/c1-7(2,3)6-8-4(5(10)11)9-12-6;;/h1-3H3,(H,10,11);;/q;+1;-1. The van der Waals surface area contributed by atoms with Crippen molar-refractivity contribution in [3.8, 4) is 0 Å². The molecular formula is C7H11LiN2O3. The van der Waals surface area contributed by atoms with Gasteiger partial charge in [0.1, 0.15) is 0 Å². The van der Waals surface area contributed by atoms with E-state index in [1.165, 1.54) is 0 Å². The summed E-state index contributed by atoms with van der Waals surface area (Å²) in [5.74, 6) is -1.13. The first-order chi connectivity index (χ1) is 5.41. The zero-order valence-corrected chi connectivity index (χ0v) is 8.16. The number of rotatable bonds is 1. The van der Waals surface area contributed by atoms with Crippen molar-refractivity contribution in [2.24, 2.45) is 0 Å². The van der Waals surface area contributed by atoms with E-state index in [9.17, 15) is 4.79 Å². The second-order valence-electron chi connectivity index (χ2n) is 3.48. The fourth-order valence-electron chi connectivity index (χ4n) is 0.615. The van der Waals surface area contributed by atoms with Gasteiger partial charge in [-0.25, -0.2) is 4.79 Å². The number of nitrogens with zero attached hydrogens (tertiary/aromatic N) is 2. The second kappa shape index (κ2) is 3.94. The number of aromatic nitrogens is 2. The van der Waals surface area contributed by atoms with E-state index >= 15 is 0 Å². The van der Waals surface area contributed by atoms with Crippen LogP contribution in [0.25, 0.3) is 0 Å². The van der Waals surface area contributed by atoms with Crippen molar-refractivity contribution in [2.75, 3.05) is 0 Å². The number of carbonyl (C=O) groups is 1. The Morgan fingerprint density at radius 2 is 2.08 bits per heavy atom. The SMILES string of the molecule is CC(C)(C)c1nc(C(=O)O)no1.[H-].[Li+]. The quantitative estimate of drug-likeness (QED) is 0.512. The molecule has 1 rings (SSSR count). The molecule has 0 unspecified atom stereocenters. The molecular weight excluding hydrogens is 167 g/mol.